The number of nitrogens with one attached hydrogen (secondary N) is 1. The Balaban J connectivity index is 0.00000225. The molecule has 3 rings (SSSR count). The zero-order valence-electron chi connectivity index (χ0n) is 13.5. The zero-order chi connectivity index (χ0) is 16.9. The van der Waals surface area contributed by atoms with Crippen molar-refractivity contribution in [3.05, 3.63) is 59.1 Å². The number of carbonyl (C=O) groups is 1. The molecule has 1 heterocycles. The van der Waals surface area contributed by atoms with Crippen LogP contribution in [0.1, 0.15) is 11.6 Å². The standard InChI is InChI=1S/C18H19ClN2O2S.ClH/c19-14-3-1-2-13(10-14)17-11-20-8-9-21(17)18(23)12-24-16-6-4-15(22)5-7-16;/h1-7,10,17,20,22H,8-9,11-12H2;1H. The van der Waals surface area contributed by atoms with Crippen LogP contribution in [0.3, 0.4) is 0 Å². The highest BCUT2D eigenvalue weighted by molar-refractivity contribution is 8.00. The number of halogens is 2. The summed E-state index contributed by atoms with van der Waals surface area (Å²) in [5.41, 5.74) is 1.05. The fourth-order valence-corrected chi connectivity index (χ4v) is 3.77. The minimum Gasteiger partial charge on any atom is -0.508 e. The largest absolute Gasteiger partial charge is 0.508 e. The second-order valence-electron chi connectivity index (χ2n) is 5.64. The highest BCUT2D eigenvalue weighted by Crippen LogP contribution is 2.27. The lowest BCUT2D eigenvalue weighted by Crippen LogP contribution is -2.49. The number of phenolic OH excluding ortho intramolecular Hbond substituents is 1. The van der Waals surface area contributed by atoms with Crippen molar-refractivity contribution in [2.24, 2.45) is 0 Å². The number of phenols is 1. The van der Waals surface area contributed by atoms with Gasteiger partial charge in [-0.05, 0) is 42.0 Å². The molecule has 2 N–H and O–H groups in total. The molecular weight excluding hydrogens is 379 g/mol. The Bertz CT molecular complexity index is 712. The fourth-order valence-electron chi connectivity index (χ4n) is 2.78. The molecule has 1 amide bonds. The van der Waals surface area contributed by atoms with Crippen LogP contribution in [0.5, 0.6) is 5.75 Å². The minimum absolute atomic E-state index is 0. The minimum atomic E-state index is 0. The van der Waals surface area contributed by atoms with Crippen LogP contribution < -0.4 is 5.32 Å². The average Bonchev–Trinajstić information content (AvgIpc) is 2.61. The van der Waals surface area contributed by atoms with Gasteiger partial charge in [0.15, 0.2) is 0 Å². The van der Waals surface area contributed by atoms with E-state index in [2.05, 4.69) is 5.32 Å². The van der Waals surface area contributed by atoms with Gasteiger partial charge < -0.3 is 15.3 Å². The molecule has 2 aromatic rings. The number of nitrogens with zero attached hydrogens (tertiary/aromatic N) is 1. The second-order valence-corrected chi connectivity index (χ2v) is 7.13. The van der Waals surface area contributed by atoms with Gasteiger partial charge in [0.2, 0.25) is 5.91 Å². The lowest BCUT2D eigenvalue weighted by Gasteiger charge is -2.36. The summed E-state index contributed by atoms with van der Waals surface area (Å²) in [4.78, 5) is 15.6. The lowest BCUT2D eigenvalue weighted by molar-refractivity contribution is -0.131. The lowest BCUT2D eigenvalue weighted by atomic mass is 10.0. The molecule has 1 unspecified atom stereocenters. The van der Waals surface area contributed by atoms with E-state index in [1.54, 1.807) is 12.1 Å². The highest BCUT2D eigenvalue weighted by Gasteiger charge is 2.27. The van der Waals surface area contributed by atoms with Crippen LogP contribution in [-0.4, -0.2) is 41.3 Å². The molecule has 0 aliphatic carbocycles. The number of rotatable bonds is 4. The predicted octanol–water partition coefficient (Wildman–Crippen LogP) is 3.73. The number of hydrogen-bond donors (Lipinski definition) is 2. The van der Waals surface area contributed by atoms with Gasteiger partial charge in [0.1, 0.15) is 5.75 Å². The highest BCUT2D eigenvalue weighted by atomic mass is 35.5. The number of carbonyl (C=O) groups excluding carboxylic acids is 1. The molecule has 0 spiro atoms. The van der Waals surface area contributed by atoms with E-state index in [9.17, 15) is 9.90 Å². The number of hydrogen-bond acceptors (Lipinski definition) is 4. The molecule has 25 heavy (non-hydrogen) atoms. The van der Waals surface area contributed by atoms with E-state index in [1.807, 2.05) is 41.3 Å². The quantitative estimate of drug-likeness (QED) is 0.770. The predicted molar refractivity (Wildman–Crippen MR) is 105 cm³/mol. The Morgan fingerprint density at radius 3 is 2.76 bits per heavy atom. The fraction of sp³-hybridized carbons (Fsp3) is 0.278. The molecule has 4 nitrogen and oxygen atoms in total. The Labute approximate surface area is 163 Å². The number of aromatic hydroxyl groups is 1. The smallest absolute Gasteiger partial charge is 0.233 e. The van der Waals surface area contributed by atoms with Crippen LogP contribution in [0.4, 0.5) is 0 Å². The van der Waals surface area contributed by atoms with Crippen LogP contribution in [0.2, 0.25) is 5.02 Å². The van der Waals surface area contributed by atoms with E-state index in [1.165, 1.54) is 11.8 Å². The molecule has 7 heteroatoms. The monoisotopic (exact) mass is 398 g/mol. The van der Waals surface area contributed by atoms with Gasteiger partial charge in [-0.25, -0.2) is 0 Å². The van der Waals surface area contributed by atoms with Gasteiger partial charge in [-0.15, -0.1) is 24.2 Å². The van der Waals surface area contributed by atoms with E-state index >= 15 is 0 Å². The maximum atomic E-state index is 12.7. The summed E-state index contributed by atoms with van der Waals surface area (Å²) < 4.78 is 0. The van der Waals surface area contributed by atoms with Crippen molar-refractivity contribution in [2.45, 2.75) is 10.9 Å². The molecule has 0 saturated carbocycles. The van der Waals surface area contributed by atoms with E-state index in [4.69, 9.17) is 11.6 Å². The van der Waals surface area contributed by atoms with Crippen molar-refractivity contribution < 1.29 is 9.90 Å². The number of thioether (sulfide) groups is 1. The first-order valence-electron chi connectivity index (χ1n) is 7.81. The van der Waals surface area contributed by atoms with Gasteiger partial charge >= 0.3 is 0 Å². The van der Waals surface area contributed by atoms with Gasteiger partial charge in [0.25, 0.3) is 0 Å². The normalized spacial score (nSPS) is 17.0. The van der Waals surface area contributed by atoms with E-state index in [0.29, 0.717) is 17.3 Å². The van der Waals surface area contributed by atoms with E-state index < -0.39 is 0 Å². The van der Waals surface area contributed by atoms with Crippen molar-refractivity contribution in [1.82, 2.24) is 10.2 Å². The Morgan fingerprint density at radius 1 is 1.28 bits per heavy atom. The SMILES string of the molecule is Cl.O=C(CSc1ccc(O)cc1)N1CCNCC1c1cccc(Cl)c1. The van der Waals surface area contributed by atoms with Crippen molar-refractivity contribution in [3.8, 4) is 5.75 Å². The van der Waals surface area contributed by atoms with Crippen LogP contribution in [0.15, 0.2) is 53.4 Å². The first-order chi connectivity index (χ1) is 11.6. The van der Waals surface area contributed by atoms with Crippen LogP contribution >= 0.6 is 35.8 Å². The second kappa shape index (κ2) is 9.34. The number of benzene rings is 2. The first-order valence-corrected chi connectivity index (χ1v) is 9.17. The third-order valence-electron chi connectivity index (χ3n) is 4.00. The summed E-state index contributed by atoms with van der Waals surface area (Å²) in [5.74, 6) is 0.718. The molecule has 1 fully saturated rings. The van der Waals surface area contributed by atoms with Crippen molar-refractivity contribution in [2.75, 3.05) is 25.4 Å². The van der Waals surface area contributed by atoms with Crippen molar-refractivity contribution in [3.63, 3.8) is 0 Å². The van der Waals surface area contributed by atoms with Crippen molar-refractivity contribution in [1.29, 1.82) is 0 Å². The molecule has 134 valence electrons. The molecule has 1 atom stereocenters. The summed E-state index contributed by atoms with van der Waals surface area (Å²) in [6, 6.07) is 14.6. The van der Waals surface area contributed by atoms with Crippen LogP contribution in [0, 0.1) is 0 Å². The zero-order valence-corrected chi connectivity index (χ0v) is 15.9. The van der Waals surface area contributed by atoms with Gasteiger partial charge in [0.05, 0.1) is 11.8 Å². The average molecular weight is 399 g/mol. The maximum absolute atomic E-state index is 12.7. The summed E-state index contributed by atoms with van der Waals surface area (Å²) in [6.07, 6.45) is 0. The number of piperazine rings is 1. The Hall–Kier alpha value is -1.40. The summed E-state index contributed by atoms with van der Waals surface area (Å²) >= 11 is 7.58. The van der Waals surface area contributed by atoms with Gasteiger partial charge in [0, 0.05) is 29.6 Å². The molecule has 0 aromatic heterocycles. The topological polar surface area (TPSA) is 52.6 Å². The van der Waals surface area contributed by atoms with Crippen molar-refractivity contribution >= 4 is 41.7 Å². The molecule has 1 aliphatic rings. The van der Waals surface area contributed by atoms with E-state index in [0.717, 1.165) is 23.5 Å². The Kier molecular flexibility index (Phi) is 7.44. The number of amides is 1. The molecule has 2 aromatic carbocycles. The van der Waals surface area contributed by atoms with Gasteiger partial charge in [-0.1, -0.05) is 23.7 Å². The van der Waals surface area contributed by atoms with E-state index in [-0.39, 0.29) is 30.1 Å². The molecule has 1 aliphatic heterocycles. The molecule has 1 saturated heterocycles. The van der Waals surface area contributed by atoms with Crippen LogP contribution in [0.25, 0.3) is 0 Å². The summed E-state index contributed by atoms with van der Waals surface area (Å²) in [7, 11) is 0. The van der Waals surface area contributed by atoms with Crippen LogP contribution in [-0.2, 0) is 4.79 Å². The Morgan fingerprint density at radius 2 is 2.04 bits per heavy atom. The summed E-state index contributed by atoms with van der Waals surface area (Å²) in [6.45, 7) is 2.22. The molecule has 0 bridgehead atoms. The molecular formula is C18H20Cl2N2O2S. The van der Waals surface area contributed by atoms with Gasteiger partial charge in [-0.3, -0.25) is 4.79 Å². The molecule has 0 radical (unpaired) electrons. The third-order valence-corrected chi connectivity index (χ3v) is 5.23. The first kappa shape index (κ1) is 19.9. The maximum Gasteiger partial charge on any atom is 0.233 e. The van der Waals surface area contributed by atoms with Gasteiger partial charge in [-0.2, -0.15) is 0 Å². The third kappa shape index (κ3) is 5.28. The summed E-state index contributed by atoms with van der Waals surface area (Å²) in [5, 5.41) is 13.3.